The van der Waals surface area contributed by atoms with E-state index in [2.05, 4.69) is 15.6 Å². The third kappa shape index (κ3) is 4.21. The Bertz CT molecular complexity index is 706. The van der Waals surface area contributed by atoms with Crippen molar-refractivity contribution in [2.24, 2.45) is 0 Å². The van der Waals surface area contributed by atoms with Gasteiger partial charge in [0, 0.05) is 24.4 Å². The number of carbonyl (C=O) groups is 2. The predicted octanol–water partition coefficient (Wildman–Crippen LogP) is 2.41. The van der Waals surface area contributed by atoms with Crippen LogP contribution >= 0.6 is 0 Å². The SMILES string of the molecule is Cc1cn2cc(NC(=O)NC(C)(C)CCC(=O)O)ccc2n1. The summed E-state index contributed by atoms with van der Waals surface area (Å²) in [4.78, 5) is 26.9. The molecule has 0 aliphatic rings. The van der Waals surface area contributed by atoms with Crippen molar-refractivity contribution in [2.75, 3.05) is 5.32 Å². The first-order valence-corrected chi connectivity index (χ1v) is 7.01. The maximum Gasteiger partial charge on any atom is 0.319 e. The van der Waals surface area contributed by atoms with Crippen molar-refractivity contribution >= 4 is 23.3 Å². The number of amides is 2. The van der Waals surface area contributed by atoms with E-state index in [0.29, 0.717) is 12.1 Å². The molecule has 2 aromatic rings. The standard InChI is InChI=1S/C15H20N4O3/c1-10-8-19-9-11(4-5-12(19)16-10)17-14(22)18-15(2,3)7-6-13(20)21/h4-5,8-9H,6-7H2,1-3H3,(H,20,21)(H2,17,18,22). The van der Waals surface area contributed by atoms with Gasteiger partial charge in [-0.1, -0.05) is 0 Å². The maximum absolute atomic E-state index is 12.0. The van der Waals surface area contributed by atoms with Gasteiger partial charge in [-0.3, -0.25) is 4.79 Å². The molecule has 22 heavy (non-hydrogen) atoms. The number of anilines is 1. The second-order valence-electron chi connectivity index (χ2n) is 5.92. The zero-order chi connectivity index (χ0) is 16.3. The van der Waals surface area contributed by atoms with Gasteiger partial charge in [0.1, 0.15) is 5.65 Å². The highest BCUT2D eigenvalue weighted by atomic mass is 16.4. The summed E-state index contributed by atoms with van der Waals surface area (Å²) < 4.78 is 1.83. The third-order valence-electron chi connectivity index (χ3n) is 3.25. The Morgan fingerprint density at radius 2 is 2.05 bits per heavy atom. The summed E-state index contributed by atoms with van der Waals surface area (Å²) in [6.45, 7) is 5.48. The molecule has 0 spiro atoms. The lowest BCUT2D eigenvalue weighted by molar-refractivity contribution is -0.137. The number of imidazole rings is 1. The highest BCUT2D eigenvalue weighted by Gasteiger charge is 2.21. The second kappa shape index (κ2) is 6.05. The summed E-state index contributed by atoms with van der Waals surface area (Å²) in [5.74, 6) is -0.879. The van der Waals surface area contributed by atoms with Crippen molar-refractivity contribution in [1.29, 1.82) is 0 Å². The number of carbonyl (C=O) groups excluding carboxylic acids is 1. The summed E-state index contributed by atoms with van der Waals surface area (Å²) in [7, 11) is 0. The zero-order valence-corrected chi connectivity index (χ0v) is 12.9. The molecule has 0 saturated carbocycles. The summed E-state index contributed by atoms with van der Waals surface area (Å²) >= 11 is 0. The van der Waals surface area contributed by atoms with Crippen LogP contribution in [0.2, 0.25) is 0 Å². The number of rotatable bonds is 5. The monoisotopic (exact) mass is 304 g/mol. The van der Waals surface area contributed by atoms with Crippen LogP contribution in [0.15, 0.2) is 24.5 Å². The molecule has 2 amide bonds. The van der Waals surface area contributed by atoms with Crippen LogP contribution in [0.1, 0.15) is 32.4 Å². The van der Waals surface area contributed by atoms with Crippen LogP contribution in [0.25, 0.3) is 5.65 Å². The number of urea groups is 1. The second-order valence-corrected chi connectivity index (χ2v) is 5.92. The number of nitrogens with zero attached hydrogens (tertiary/aromatic N) is 2. The molecule has 0 radical (unpaired) electrons. The molecule has 0 atom stereocenters. The number of fused-ring (bicyclic) bond motifs is 1. The van der Waals surface area contributed by atoms with Crippen LogP contribution < -0.4 is 10.6 Å². The van der Waals surface area contributed by atoms with Crippen LogP contribution in [0.3, 0.4) is 0 Å². The summed E-state index contributed by atoms with van der Waals surface area (Å²) in [5.41, 5.74) is 1.75. The molecular formula is C15H20N4O3. The van der Waals surface area contributed by atoms with E-state index in [-0.39, 0.29) is 12.5 Å². The summed E-state index contributed by atoms with van der Waals surface area (Å²) in [6, 6.07) is 3.22. The quantitative estimate of drug-likeness (QED) is 0.790. The first-order chi connectivity index (χ1) is 10.2. The molecule has 0 saturated heterocycles. The minimum atomic E-state index is -0.879. The Morgan fingerprint density at radius 3 is 2.73 bits per heavy atom. The van der Waals surface area contributed by atoms with Gasteiger partial charge in [-0.2, -0.15) is 0 Å². The molecule has 7 heteroatoms. The number of aromatic nitrogens is 2. The Balaban J connectivity index is 1.99. The first kappa shape index (κ1) is 15.8. The number of hydrogen-bond acceptors (Lipinski definition) is 3. The number of hydrogen-bond donors (Lipinski definition) is 3. The number of pyridine rings is 1. The van der Waals surface area contributed by atoms with E-state index in [4.69, 9.17) is 5.11 Å². The van der Waals surface area contributed by atoms with Crippen molar-refractivity contribution in [3.8, 4) is 0 Å². The smallest absolute Gasteiger partial charge is 0.319 e. The van der Waals surface area contributed by atoms with Gasteiger partial charge in [0.2, 0.25) is 0 Å². The van der Waals surface area contributed by atoms with Gasteiger partial charge in [-0.25, -0.2) is 9.78 Å². The summed E-state index contributed by atoms with van der Waals surface area (Å²) in [5, 5.41) is 14.2. The average Bonchev–Trinajstić information content (AvgIpc) is 2.75. The number of aryl methyl sites for hydroxylation is 1. The van der Waals surface area contributed by atoms with E-state index >= 15 is 0 Å². The fourth-order valence-electron chi connectivity index (χ4n) is 2.14. The zero-order valence-electron chi connectivity index (χ0n) is 12.9. The van der Waals surface area contributed by atoms with Crippen LogP contribution in [0, 0.1) is 6.92 Å². The number of nitrogens with one attached hydrogen (secondary N) is 2. The Kier molecular flexibility index (Phi) is 4.35. The van der Waals surface area contributed by atoms with Crippen LogP contribution in [-0.4, -0.2) is 32.0 Å². The minimum Gasteiger partial charge on any atom is -0.481 e. The topological polar surface area (TPSA) is 95.7 Å². The average molecular weight is 304 g/mol. The highest BCUT2D eigenvalue weighted by molar-refractivity contribution is 5.89. The van der Waals surface area contributed by atoms with E-state index in [0.717, 1.165) is 11.3 Å². The molecular weight excluding hydrogens is 284 g/mol. The van der Waals surface area contributed by atoms with Gasteiger partial charge >= 0.3 is 12.0 Å². The Morgan fingerprint density at radius 1 is 1.32 bits per heavy atom. The predicted molar refractivity (Wildman–Crippen MR) is 83.0 cm³/mol. The summed E-state index contributed by atoms with van der Waals surface area (Å²) in [6.07, 6.45) is 4.01. The van der Waals surface area contributed by atoms with Crippen molar-refractivity contribution in [1.82, 2.24) is 14.7 Å². The lowest BCUT2D eigenvalue weighted by Gasteiger charge is -2.25. The Labute approximate surface area is 128 Å². The number of carboxylic acid groups (broad SMARTS) is 1. The molecule has 0 unspecified atom stereocenters. The van der Waals surface area contributed by atoms with Crippen LogP contribution in [-0.2, 0) is 4.79 Å². The van der Waals surface area contributed by atoms with Crippen LogP contribution in [0.4, 0.5) is 10.5 Å². The molecule has 2 heterocycles. The highest BCUT2D eigenvalue weighted by Crippen LogP contribution is 2.14. The lowest BCUT2D eigenvalue weighted by Crippen LogP contribution is -2.45. The third-order valence-corrected chi connectivity index (χ3v) is 3.25. The van der Waals surface area contributed by atoms with Gasteiger partial charge in [0.05, 0.1) is 11.4 Å². The Hall–Kier alpha value is -2.57. The number of carboxylic acids is 1. The van der Waals surface area contributed by atoms with Crippen molar-refractivity contribution in [3.05, 3.63) is 30.2 Å². The van der Waals surface area contributed by atoms with Gasteiger partial charge < -0.3 is 20.1 Å². The molecule has 3 N–H and O–H groups in total. The van der Waals surface area contributed by atoms with Crippen molar-refractivity contribution in [2.45, 2.75) is 39.2 Å². The van der Waals surface area contributed by atoms with E-state index in [1.807, 2.05) is 23.6 Å². The molecule has 0 bridgehead atoms. The lowest BCUT2D eigenvalue weighted by atomic mass is 9.99. The molecule has 2 rings (SSSR count). The largest absolute Gasteiger partial charge is 0.481 e. The minimum absolute atomic E-state index is 0.00749. The van der Waals surface area contributed by atoms with Gasteiger partial charge in [0.25, 0.3) is 0 Å². The normalized spacial score (nSPS) is 11.4. The van der Waals surface area contributed by atoms with Gasteiger partial charge in [0.15, 0.2) is 0 Å². The van der Waals surface area contributed by atoms with E-state index in [1.54, 1.807) is 26.1 Å². The molecule has 0 aromatic carbocycles. The molecule has 7 nitrogen and oxygen atoms in total. The van der Waals surface area contributed by atoms with Crippen molar-refractivity contribution in [3.63, 3.8) is 0 Å². The molecule has 118 valence electrons. The van der Waals surface area contributed by atoms with E-state index in [9.17, 15) is 9.59 Å². The fraction of sp³-hybridized carbons (Fsp3) is 0.400. The fourth-order valence-corrected chi connectivity index (χ4v) is 2.14. The molecule has 0 fully saturated rings. The molecule has 0 aliphatic heterocycles. The maximum atomic E-state index is 12.0. The van der Waals surface area contributed by atoms with Crippen molar-refractivity contribution < 1.29 is 14.7 Å². The van der Waals surface area contributed by atoms with E-state index < -0.39 is 11.5 Å². The van der Waals surface area contributed by atoms with Crippen LogP contribution in [0.5, 0.6) is 0 Å². The van der Waals surface area contributed by atoms with Gasteiger partial charge in [-0.05, 0) is 39.3 Å². The first-order valence-electron chi connectivity index (χ1n) is 7.01. The van der Waals surface area contributed by atoms with E-state index in [1.165, 1.54) is 0 Å². The number of aliphatic carboxylic acids is 1. The molecule has 0 aliphatic carbocycles. The van der Waals surface area contributed by atoms with Gasteiger partial charge in [-0.15, -0.1) is 0 Å². The molecule has 2 aromatic heterocycles.